The molecule has 0 radical (unpaired) electrons. The van der Waals surface area contributed by atoms with E-state index in [0.717, 1.165) is 25.1 Å². The van der Waals surface area contributed by atoms with Crippen LogP contribution in [0.3, 0.4) is 0 Å². The molecule has 6 nitrogen and oxygen atoms in total. The molecule has 1 aliphatic rings. The van der Waals surface area contributed by atoms with Crippen LogP contribution in [0.25, 0.3) is 0 Å². The predicted molar refractivity (Wildman–Crippen MR) is 105 cm³/mol. The van der Waals surface area contributed by atoms with Crippen LogP contribution in [-0.2, 0) is 11.2 Å². The number of amides is 1. The van der Waals surface area contributed by atoms with Crippen molar-refractivity contribution < 1.29 is 9.90 Å². The zero-order valence-electron chi connectivity index (χ0n) is 16.1. The third kappa shape index (κ3) is 6.33. The van der Waals surface area contributed by atoms with Crippen molar-refractivity contribution in [3.05, 3.63) is 35.9 Å². The van der Waals surface area contributed by atoms with Gasteiger partial charge in [-0.3, -0.25) is 9.79 Å². The number of nitrogens with zero attached hydrogens (tertiary/aromatic N) is 2. The average molecular weight is 361 g/mol. The van der Waals surface area contributed by atoms with Gasteiger partial charge in [0.2, 0.25) is 5.91 Å². The number of aliphatic imine (C=N–C) groups is 1. The van der Waals surface area contributed by atoms with Crippen molar-refractivity contribution in [2.24, 2.45) is 10.9 Å². The van der Waals surface area contributed by atoms with Crippen LogP contribution in [-0.4, -0.2) is 60.2 Å². The molecule has 1 amide bonds. The largest absolute Gasteiger partial charge is 0.391 e. The summed E-state index contributed by atoms with van der Waals surface area (Å²) in [6.45, 7) is 8.46. The van der Waals surface area contributed by atoms with Crippen LogP contribution in [0.4, 0.5) is 0 Å². The van der Waals surface area contributed by atoms with E-state index in [0.29, 0.717) is 25.5 Å². The fourth-order valence-electron chi connectivity index (χ4n) is 3.10. The molecule has 144 valence electrons. The van der Waals surface area contributed by atoms with E-state index in [2.05, 4.69) is 15.6 Å². The Kier molecular flexibility index (Phi) is 7.91. The molecule has 0 aromatic heterocycles. The molecule has 6 heteroatoms. The molecule has 0 aliphatic carbocycles. The number of aliphatic hydroxyl groups excluding tert-OH is 1. The molecule has 3 N–H and O–H groups in total. The van der Waals surface area contributed by atoms with Gasteiger partial charge in [-0.2, -0.15) is 0 Å². The van der Waals surface area contributed by atoms with E-state index < -0.39 is 6.10 Å². The second-order valence-electron chi connectivity index (χ2n) is 7.13. The van der Waals surface area contributed by atoms with Gasteiger partial charge < -0.3 is 20.6 Å². The Bertz CT molecular complexity index is 589. The summed E-state index contributed by atoms with van der Waals surface area (Å²) in [7, 11) is 0. The molecule has 1 fully saturated rings. The lowest BCUT2D eigenvalue weighted by Gasteiger charge is -2.20. The van der Waals surface area contributed by atoms with E-state index in [1.807, 2.05) is 56.0 Å². The summed E-state index contributed by atoms with van der Waals surface area (Å²) in [6, 6.07) is 10.1. The van der Waals surface area contributed by atoms with Gasteiger partial charge in [0.15, 0.2) is 5.96 Å². The molecular weight excluding hydrogens is 328 g/mol. The number of hydrogen-bond donors (Lipinski definition) is 3. The molecule has 1 aromatic rings. The number of rotatable bonds is 7. The van der Waals surface area contributed by atoms with Gasteiger partial charge in [-0.15, -0.1) is 0 Å². The standard InChI is InChI=1S/C20H32N4O2/c1-4-21-20(22-13-18(25)12-16-8-6-5-7-9-16)23-17-10-11-24(14-17)19(26)15(2)3/h5-9,15,17-18,25H,4,10-14H2,1-3H3,(H2,21,22,23). The number of hydrogen-bond acceptors (Lipinski definition) is 3. The number of aliphatic hydroxyl groups is 1. The van der Waals surface area contributed by atoms with Crippen LogP contribution in [0.5, 0.6) is 0 Å². The first-order valence-corrected chi connectivity index (χ1v) is 9.55. The van der Waals surface area contributed by atoms with Gasteiger partial charge in [-0.25, -0.2) is 0 Å². The van der Waals surface area contributed by atoms with Crippen molar-refractivity contribution in [1.82, 2.24) is 15.5 Å². The Balaban J connectivity index is 1.85. The maximum Gasteiger partial charge on any atom is 0.225 e. The summed E-state index contributed by atoms with van der Waals surface area (Å²) in [5, 5.41) is 16.9. The lowest BCUT2D eigenvalue weighted by atomic mass is 10.1. The molecule has 0 saturated carbocycles. The van der Waals surface area contributed by atoms with Crippen LogP contribution in [0, 0.1) is 5.92 Å². The quantitative estimate of drug-likeness (QED) is 0.507. The maximum atomic E-state index is 12.1. The highest BCUT2D eigenvalue weighted by Gasteiger charge is 2.27. The molecule has 0 bridgehead atoms. The number of guanidine groups is 1. The highest BCUT2D eigenvalue weighted by atomic mass is 16.3. The van der Waals surface area contributed by atoms with Crippen molar-refractivity contribution in [3.63, 3.8) is 0 Å². The monoisotopic (exact) mass is 360 g/mol. The number of nitrogens with one attached hydrogen (secondary N) is 2. The lowest BCUT2D eigenvalue weighted by molar-refractivity contribution is -0.133. The normalized spacial score (nSPS) is 18.9. The molecule has 2 rings (SSSR count). The van der Waals surface area contributed by atoms with Crippen molar-refractivity contribution in [2.75, 3.05) is 26.2 Å². The Hall–Kier alpha value is -2.08. The molecule has 1 aromatic carbocycles. The predicted octanol–water partition coefficient (Wildman–Crippen LogP) is 1.40. The number of carbonyl (C=O) groups excluding carboxylic acids is 1. The van der Waals surface area contributed by atoms with E-state index >= 15 is 0 Å². The molecule has 1 aliphatic heterocycles. The Labute approximate surface area is 156 Å². The molecule has 1 saturated heterocycles. The van der Waals surface area contributed by atoms with Crippen molar-refractivity contribution >= 4 is 11.9 Å². The maximum absolute atomic E-state index is 12.1. The molecule has 2 unspecified atom stereocenters. The topological polar surface area (TPSA) is 77.0 Å². The zero-order valence-corrected chi connectivity index (χ0v) is 16.1. The van der Waals surface area contributed by atoms with Gasteiger partial charge in [-0.05, 0) is 18.9 Å². The highest BCUT2D eigenvalue weighted by Crippen LogP contribution is 2.12. The SMILES string of the molecule is CCNC(=NCC(O)Cc1ccccc1)NC1CCN(C(=O)C(C)C)C1. The molecule has 1 heterocycles. The molecule has 0 spiro atoms. The van der Waals surface area contributed by atoms with E-state index in [-0.39, 0.29) is 17.9 Å². The first kappa shape index (κ1) is 20.2. The van der Waals surface area contributed by atoms with Crippen molar-refractivity contribution in [1.29, 1.82) is 0 Å². The second kappa shape index (κ2) is 10.2. The van der Waals surface area contributed by atoms with E-state index in [1.54, 1.807) is 0 Å². The summed E-state index contributed by atoms with van der Waals surface area (Å²) in [4.78, 5) is 18.5. The van der Waals surface area contributed by atoms with Gasteiger partial charge in [0, 0.05) is 38.0 Å². The first-order valence-electron chi connectivity index (χ1n) is 9.55. The van der Waals surface area contributed by atoms with Gasteiger partial charge >= 0.3 is 0 Å². The summed E-state index contributed by atoms with van der Waals surface area (Å²) in [6.07, 6.45) is 0.981. The van der Waals surface area contributed by atoms with Gasteiger partial charge in [0.05, 0.1) is 12.6 Å². The zero-order chi connectivity index (χ0) is 18.9. The van der Waals surface area contributed by atoms with Gasteiger partial charge in [0.25, 0.3) is 0 Å². The highest BCUT2D eigenvalue weighted by molar-refractivity contribution is 5.81. The minimum absolute atomic E-state index is 0.0313. The smallest absolute Gasteiger partial charge is 0.225 e. The second-order valence-corrected chi connectivity index (χ2v) is 7.13. The lowest BCUT2D eigenvalue weighted by Crippen LogP contribution is -2.45. The summed E-state index contributed by atoms with van der Waals surface area (Å²) < 4.78 is 0. The van der Waals surface area contributed by atoms with E-state index in [1.165, 1.54) is 0 Å². The fraction of sp³-hybridized carbons (Fsp3) is 0.600. The third-order valence-electron chi connectivity index (χ3n) is 4.45. The first-order chi connectivity index (χ1) is 12.5. The minimum atomic E-state index is -0.518. The fourth-order valence-corrected chi connectivity index (χ4v) is 3.10. The van der Waals surface area contributed by atoms with E-state index in [4.69, 9.17) is 0 Å². The number of carbonyl (C=O) groups is 1. The van der Waals surface area contributed by atoms with E-state index in [9.17, 15) is 9.90 Å². The van der Waals surface area contributed by atoms with Crippen LogP contribution >= 0.6 is 0 Å². The van der Waals surface area contributed by atoms with Crippen LogP contribution in [0.15, 0.2) is 35.3 Å². The molecular formula is C20H32N4O2. The minimum Gasteiger partial charge on any atom is -0.391 e. The summed E-state index contributed by atoms with van der Waals surface area (Å²) in [5.41, 5.74) is 1.10. The third-order valence-corrected chi connectivity index (χ3v) is 4.45. The number of benzene rings is 1. The number of likely N-dealkylation sites (tertiary alicyclic amines) is 1. The van der Waals surface area contributed by atoms with Gasteiger partial charge in [-0.1, -0.05) is 44.2 Å². The van der Waals surface area contributed by atoms with Crippen LogP contribution in [0.1, 0.15) is 32.8 Å². The molecule has 2 atom stereocenters. The van der Waals surface area contributed by atoms with Crippen molar-refractivity contribution in [3.8, 4) is 0 Å². The molecule has 26 heavy (non-hydrogen) atoms. The Morgan fingerprint density at radius 3 is 2.73 bits per heavy atom. The van der Waals surface area contributed by atoms with Crippen molar-refractivity contribution in [2.45, 2.75) is 45.8 Å². The van der Waals surface area contributed by atoms with Crippen LogP contribution in [0.2, 0.25) is 0 Å². The van der Waals surface area contributed by atoms with Gasteiger partial charge in [0.1, 0.15) is 0 Å². The van der Waals surface area contributed by atoms with Crippen LogP contribution < -0.4 is 10.6 Å². The Morgan fingerprint density at radius 2 is 2.08 bits per heavy atom. The summed E-state index contributed by atoms with van der Waals surface area (Å²) >= 11 is 0. The summed E-state index contributed by atoms with van der Waals surface area (Å²) in [5.74, 6) is 0.932. The Morgan fingerprint density at radius 1 is 1.35 bits per heavy atom. The average Bonchev–Trinajstić information content (AvgIpc) is 3.08.